The largest absolute Gasteiger partial charge is 0.331 e. The Kier molecular flexibility index (Phi) is 2.34. The Morgan fingerprint density at radius 3 is 2.94 bits per heavy atom. The quantitative estimate of drug-likeness (QED) is 0.730. The van der Waals surface area contributed by atoms with Gasteiger partial charge in [-0.2, -0.15) is 0 Å². The van der Waals surface area contributed by atoms with Crippen LogP contribution in [0.15, 0.2) is 12.5 Å². The fraction of sp³-hybridized carbons (Fsp3) is 0.692. The Morgan fingerprint density at radius 2 is 2.38 bits per heavy atom. The predicted molar refractivity (Wildman–Crippen MR) is 61.1 cm³/mol. The van der Waals surface area contributed by atoms with Crippen LogP contribution in [0.4, 0.5) is 0 Å². The molecule has 2 aliphatic rings. The van der Waals surface area contributed by atoms with Gasteiger partial charge in [0.15, 0.2) is 5.78 Å². The molecule has 0 saturated heterocycles. The van der Waals surface area contributed by atoms with Gasteiger partial charge < -0.3 is 4.57 Å². The topological polar surface area (TPSA) is 34.9 Å². The van der Waals surface area contributed by atoms with Gasteiger partial charge in [-0.3, -0.25) is 4.79 Å². The third kappa shape index (κ3) is 1.58. The molecule has 0 radical (unpaired) electrons. The molecule has 86 valence electrons. The van der Waals surface area contributed by atoms with Crippen LogP contribution in [0, 0.1) is 17.8 Å². The van der Waals surface area contributed by atoms with Gasteiger partial charge in [0, 0.05) is 13.5 Å². The Balaban J connectivity index is 1.67. The first-order valence-corrected chi connectivity index (χ1v) is 6.23. The fourth-order valence-corrected chi connectivity index (χ4v) is 3.60. The van der Waals surface area contributed by atoms with E-state index in [0.29, 0.717) is 5.92 Å². The predicted octanol–water partition coefficient (Wildman–Crippen LogP) is 2.43. The van der Waals surface area contributed by atoms with Crippen molar-refractivity contribution in [1.29, 1.82) is 0 Å². The minimum atomic E-state index is 0.276. The van der Waals surface area contributed by atoms with Crippen molar-refractivity contribution in [2.75, 3.05) is 0 Å². The summed E-state index contributed by atoms with van der Waals surface area (Å²) in [4.78, 5) is 16.1. The summed E-state index contributed by atoms with van der Waals surface area (Å²) in [5.74, 6) is 2.69. The maximum atomic E-state index is 12.1. The van der Waals surface area contributed by atoms with E-state index in [-0.39, 0.29) is 5.78 Å². The summed E-state index contributed by atoms with van der Waals surface area (Å²) >= 11 is 0. The second-order valence-corrected chi connectivity index (χ2v) is 5.45. The molecule has 3 unspecified atom stereocenters. The van der Waals surface area contributed by atoms with Gasteiger partial charge in [-0.25, -0.2) is 4.98 Å². The molecule has 3 heteroatoms. The van der Waals surface area contributed by atoms with Crippen LogP contribution in [0.2, 0.25) is 0 Å². The van der Waals surface area contributed by atoms with Crippen molar-refractivity contribution in [2.45, 2.75) is 32.1 Å². The number of hydrogen-bond acceptors (Lipinski definition) is 2. The van der Waals surface area contributed by atoms with Crippen molar-refractivity contribution in [3.05, 3.63) is 18.2 Å². The van der Waals surface area contributed by atoms with Crippen molar-refractivity contribution in [3.63, 3.8) is 0 Å². The summed E-state index contributed by atoms with van der Waals surface area (Å²) in [6.45, 7) is 0. The van der Waals surface area contributed by atoms with Crippen LogP contribution in [0.1, 0.15) is 42.6 Å². The molecule has 2 bridgehead atoms. The Hall–Kier alpha value is -1.12. The van der Waals surface area contributed by atoms with Gasteiger partial charge in [0.05, 0.1) is 12.5 Å². The molecule has 2 aliphatic carbocycles. The third-order valence-corrected chi connectivity index (χ3v) is 4.43. The summed E-state index contributed by atoms with van der Waals surface area (Å²) in [6, 6.07) is 0. The molecule has 3 atom stereocenters. The van der Waals surface area contributed by atoms with Crippen molar-refractivity contribution in [3.8, 4) is 0 Å². The third-order valence-electron chi connectivity index (χ3n) is 4.43. The molecule has 1 aromatic heterocycles. The summed E-state index contributed by atoms with van der Waals surface area (Å²) in [7, 11) is 1.89. The lowest BCUT2D eigenvalue weighted by molar-refractivity contribution is 0.0936. The highest BCUT2D eigenvalue weighted by atomic mass is 16.1. The van der Waals surface area contributed by atoms with Gasteiger partial charge in [0.25, 0.3) is 0 Å². The summed E-state index contributed by atoms with van der Waals surface area (Å²) in [5.41, 5.74) is 0.766. The van der Waals surface area contributed by atoms with Crippen LogP contribution in [-0.2, 0) is 7.05 Å². The van der Waals surface area contributed by atoms with Gasteiger partial charge in [-0.15, -0.1) is 0 Å². The monoisotopic (exact) mass is 218 g/mol. The average molecular weight is 218 g/mol. The van der Waals surface area contributed by atoms with Gasteiger partial charge in [0.1, 0.15) is 5.69 Å². The van der Waals surface area contributed by atoms with Crippen LogP contribution in [0.3, 0.4) is 0 Å². The number of fused-ring (bicyclic) bond motifs is 2. The number of Topliss-reactive ketones (excluding diaryl/α,β-unsaturated/α-hetero) is 1. The number of hydrogen-bond donors (Lipinski definition) is 0. The van der Waals surface area contributed by atoms with Gasteiger partial charge in [-0.1, -0.05) is 6.42 Å². The summed E-state index contributed by atoms with van der Waals surface area (Å²) < 4.78 is 1.83. The van der Waals surface area contributed by atoms with E-state index >= 15 is 0 Å². The van der Waals surface area contributed by atoms with Crippen molar-refractivity contribution >= 4 is 5.78 Å². The van der Waals surface area contributed by atoms with E-state index in [9.17, 15) is 4.79 Å². The van der Waals surface area contributed by atoms with Crippen LogP contribution in [-0.4, -0.2) is 15.3 Å². The molecule has 16 heavy (non-hydrogen) atoms. The van der Waals surface area contributed by atoms with Crippen LogP contribution in [0.5, 0.6) is 0 Å². The lowest BCUT2D eigenvalue weighted by atomic mass is 9.85. The van der Waals surface area contributed by atoms with E-state index in [2.05, 4.69) is 4.98 Å². The van der Waals surface area contributed by atoms with E-state index in [1.165, 1.54) is 25.7 Å². The van der Waals surface area contributed by atoms with Gasteiger partial charge in [0.2, 0.25) is 0 Å². The molecular formula is C13H18N2O. The van der Waals surface area contributed by atoms with Crippen LogP contribution >= 0.6 is 0 Å². The van der Waals surface area contributed by atoms with Crippen molar-refractivity contribution in [1.82, 2.24) is 9.55 Å². The Bertz CT molecular complexity index is 410. The number of ketones is 1. The number of aryl methyl sites for hydroxylation is 1. The lowest BCUT2D eigenvalue weighted by Crippen LogP contribution is -2.16. The van der Waals surface area contributed by atoms with E-state index in [4.69, 9.17) is 0 Å². The fourth-order valence-electron chi connectivity index (χ4n) is 3.60. The highest BCUT2D eigenvalue weighted by Crippen LogP contribution is 2.49. The molecule has 1 aromatic rings. The normalized spacial score (nSPS) is 32.2. The van der Waals surface area contributed by atoms with E-state index < -0.39 is 0 Å². The van der Waals surface area contributed by atoms with Crippen LogP contribution in [0.25, 0.3) is 0 Å². The molecule has 2 saturated carbocycles. The first kappa shape index (κ1) is 10.1. The first-order chi connectivity index (χ1) is 7.74. The van der Waals surface area contributed by atoms with Gasteiger partial charge >= 0.3 is 0 Å². The number of carbonyl (C=O) groups is 1. The average Bonchev–Trinajstić information content (AvgIpc) is 2.92. The molecule has 0 spiro atoms. The smallest absolute Gasteiger partial charge is 0.181 e. The van der Waals surface area contributed by atoms with Crippen LogP contribution < -0.4 is 0 Å². The summed E-state index contributed by atoms with van der Waals surface area (Å²) in [5, 5.41) is 0. The zero-order valence-electron chi connectivity index (χ0n) is 9.72. The second-order valence-electron chi connectivity index (χ2n) is 5.45. The molecule has 3 nitrogen and oxygen atoms in total. The minimum Gasteiger partial charge on any atom is -0.331 e. The number of aromatic nitrogens is 2. The number of rotatable bonds is 3. The second kappa shape index (κ2) is 3.72. The van der Waals surface area contributed by atoms with Crippen molar-refractivity contribution < 1.29 is 4.79 Å². The molecule has 0 amide bonds. The zero-order valence-corrected chi connectivity index (χ0v) is 9.72. The maximum absolute atomic E-state index is 12.1. The number of nitrogens with zero attached hydrogens (tertiary/aromatic N) is 2. The molecular weight excluding hydrogens is 200 g/mol. The lowest BCUT2D eigenvalue weighted by Gasteiger charge is -2.20. The zero-order chi connectivity index (χ0) is 11.1. The van der Waals surface area contributed by atoms with Crippen molar-refractivity contribution in [2.24, 2.45) is 24.8 Å². The highest BCUT2D eigenvalue weighted by Gasteiger charge is 2.40. The molecule has 0 aromatic carbocycles. The molecule has 2 fully saturated rings. The van der Waals surface area contributed by atoms with E-state index in [1.54, 1.807) is 12.5 Å². The van der Waals surface area contributed by atoms with E-state index in [1.807, 2.05) is 11.6 Å². The molecule has 1 heterocycles. The SMILES string of the molecule is Cn1cncc1C(=O)CC1CC2CCC1C2. The summed E-state index contributed by atoms with van der Waals surface area (Å²) in [6.07, 6.45) is 9.55. The van der Waals surface area contributed by atoms with E-state index in [0.717, 1.165) is 24.0 Å². The molecule has 0 aliphatic heterocycles. The maximum Gasteiger partial charge on any atom is 0.181 e. The first-order valence-electron chi connectivity index (χ1n) is 6.23. The van der Waals surface area contributed by atoms with Gasteiger partial charge in [-0.05, 0) is 37.0 Å². The number of carbonyl (C=O) groups excluding carboxylic acids is 1. The standard InChI is InChI=1S/C13H18N2O/c1-15-8-14-7-12(15)13(16)6-11-5-9-2-3-10(11)4-9/h7-11H,2-6H2,1H3. The minimum absolute atomic E-state index is 0.276. The Morgan fingerprint density at radius 1 is 1.50 bits per heavy atom. The molecule has 0 N–H and O–H groups in total. The number of imidazole rings is 1. The Labute approximate surface area is 95.9 Å². The highest BCUT2D eigenvalue weighted by molar-refractivity contribution is 5.94. The molecule has 3 rings (SSSR count).